The van der Waals surface area contributed by atoms with Gasteiger partial charge in [-0.2, -0.15) is 13.2 Å². The van der Waals surface area contributed by atoms with Crippen LogP contribution in [0.2, 0.25) is 0 Å². The summed E-state index contributed by atoms with van der Waals surface area (Å²) in [4.78, 5) is 14.9. The average Bonchev–Trinajstić information content (AvgIpc) is 2.94. The maximum atomic E-state index is 13.5. The highest BCUT2D eigenvalue weighted by Gasteiger charge is 2.32. The van der Waals surface area contributed by atoms with Gasteiger partial charge in [0.1, 0.15) is 5.75 Å². The lowest BCUT2D eigenvalue weighted by Gasteiger charge is -2.29. The molecule has 1 aliphatic heterocycles. The summed E-state index contributed by atoms with van der Waals surface area (Å²) in [7, 11) is -3.65. The van der Waals surface area contributed by atoms with Gasteiger partial charge in [0.25, 0.3) is 5.91 Å². The summed E-state index contributed by atoms with van der Waals surface area (Å²) in [6, 6.07) is 22.0. The van der Waals surface area contributed by atoms with E-state index < -0.39 is 21.8 Å². The van der Waals surface area contributed by atoms with E-state index in [0.717, 1.165) is 17.7 Å². The minimum atomic E-state index is -4.49. The predicted molar refractivity (Wildman–Crippen MR) is 149 cm³/mol. The second-order valence-corrected chi connectivity index (χ2v) is 11.4. The van der Waals surface area contributed by atoms with Crippen LogP contribution in [0.4, 0.5) is 24.5 Å². The van der Waals surface area contributed by atoms with Crippen LogP contribution in [0, 0.1) is 0 Å². The Morgan fingerprint density at radius 1 is 0.875 bits per heavy atom. The van der Waals surface area contributed by atoms with E-state index in [4.69, 9.17) is 0 Å². The number of hydrogen-bond acceptors (Lipinski definition) is 4. The van der Waals surface area contributed by atoms with E-state index in [1.165, 1.54) is 36.1 Å². The fourth-order valence-electron chi connectivity index (χ4n) is 4.74. The molecule has 10 heteroatoms. The lowest BCUT2D eigenvalue weighted by atomic mass is 9.89. The van der Waals surface area contributed by atoms with Crippen LogP contribution >= 0.6 is 0 Å². The van der Waals surface area contributed by atoms with Gasteiger partial charge >= 0.3 is 6.18 Å². The summed E-state index contributed by atoms with van der Waals surface area (Å²) in [5.74, 6) is -0.750. The van der Waals surface area contributed by atoms with Gasteiger partial charge in [-0.05, 0) is 77.6 Å². The molecule has 0 atom stereocenters. The number of sulfonamides is 1. The van der Waals surface area contributed by atoms with E-state index >= 15 is 0 Å². The number of halogens is 3. The SMILES string of the molecule is CCS(=O)(=O)Nc1cc(N2CCc3cc(-c4ccc(C(F)(F)F)cc4-c4ccccc4)ccc3C2=O)ccc1O. The molecule has 0 radical (unpaired) electrons. The lowest BCUT2D eigenvalue weighted by Crippen LogP contribution is -2.37. The number of hydrogen-bond donors (Lipinski definition) is 2. The summed E-state index contributed by atoms with van der Waals surface area (Å²) in [6.45, 7) is 1.76. The third-order valence-electron chi connectivity index (χ3n) is 6.87. The summed E-state index contributed by atoms with van der Waals surface area (Å²) in [5.41, 5.74) is 3.22. The number of amides is 1. The van der Waals surface area contributed by atoms with Crippen molar-refractivity contribution in [3.63, 3.8) is 0 Å². The first kappa shape index (κ1) is 27.3. The van der Waals surface area contributed by atoms with Gasteiger partial charge in [0.15, 0.2) is 0 Å². The Bertz CT molecular complexity index is 1700. The molecule has 0 saturated heterocycles. The molecule has 6 nitrogen and oxygen atoms in total. The molecule has 206 valence electrons. The van der Waals surface area contributed by atoms with E-state index in [1.807, 2.05) is 6.07 Å². The van der Waals surface area contributed by atoms with E-state index in [9.17, 15) is 31.5 Å². The zero-order chi connectivity index (χ0) is 28.7. The Balaban J connectivity index is 1.50. The van der Waals surface area contributed by atoms with Crippen LogP contribution in [-0.4, -0.2) is 31.7 Å². The van der Waals surface area contributed by atoms with E-state index in [0.29, 0.717) is 46.5 Å². The van der Waals surface area contributed by atoms with Gasteiger partial charge in [-0.25, -0.2) is 8.42 Å². The second kappa shape index (κ2) is 10.3. The Hall–Kier alpha value is -4.31. The highest BCUT2D eigenvalue weighted by Crippen LogP contribution is 2.39. The predicted octanol–water partition coefficient (Wildman–Crippen LogP) is 6.71. The standard InChI is InChI=1S/C30H25F3N2O4S/c1-2-40(38,39)34-27-18-23(10-13-28(27)36)35-15-14-21-16-20(8-11-25(21)29(35)37)24-12-9-22(30(31,32)33)17-26(24)19-6-4-3-5-7-19/h3-13,16-18,34,36H,2,14-15H2,1H3. The molecule has 40 heavy (non-hydrogen) atoms. The minimum absolute atomic E-state index is 0.0240. The van der Waals surface area contributed by atoms with E-state index in [1.54, 1.807) is 42.5 Å². The van der Waals surface area contributed by atoms with E-state index in [2.05, 4.69) is 4.72 Å². The summed E-state index contributed by atoms with van der Waals surface area (Å²) >= 11 is 0. The van der Waals surface area contributed by atoms with Gasteiger partial charge < -0.3 is 10.0 Å². The van der Waals surface area contributed by atoms with Gasteiger partial charge in [0, 0.05) is 17.8 Å². The third kappa shape index (κ3) is 5.40. The first-order chi connectivity index (χ1) is 19.0. The normalized spacial score (nSPS) is 13.7. The van der Waals surface area contributed by atoms with Crippen LogP contribution in [0.3, 0.4) is 0 Å². The second-order valence-electron chi connectivity index (χ2n) is 9.41. The molecule has 0 unspecified atom stereocenters. The van der Waals surface area contributed by atoms with Crippen LogP contribution < -0.4 is 9.62 Å². The maximum Gasteiger partial charge on any atom is 0.416 e. The Labute approximate surface area is 229 Å². The molecule has 0 aromatic heterocycles. The number of carbonyl (C=O) groups excluding carboxylic acids is 1. The topological polar surface area (TPSA) is 86.7 Å². The zero-order valence-electron chi connectivity index (χ0n) is 21.4. The van der Waals surface area contributed by atoms with Crippen LogP contribution in [-0.2, 0) is 22.6 Å². The number of phenols is 1. The molecule has 2 N–H and O–H groups in total. The molecule has 4 aromatic rings. The lowest BCUT2D eigenvalue weighted by molar-refractivity contribution is -0.137. The Morgan fingerprint density at radius 3 is 2.30 bits per heavy atom. The van der Waals surface area contributed by atoms with Crippen LogP contribution in [0.1, 0.15) is 28.4 Å². The molecular formula is C30H25F3N2O4S. The number of anilines is 2. The van der Waals surface area contributed by atoms with Crippen molar-refractivity contribution in [2.24, 2.45) is 0 Å². The molecule has 5 rings (SSSR count). The van der Waals surface area contributed by atoms with Gasteiger partial charge in [0.2, 0.25) is 10.0 Å². The molecule has 1 aliphatic rings. The highest BCUT2D eigenvalue weighted by atomic mass is 32.2. The monoisotopic (exact) mass is 566 g/mol. The maximum absolute atomic E-state index is 13.5. The van der Waals surface area contributed by atoms with Gasteiger partial charge in [-0.1, -0.05) is 48.5 Å². The zero-order valence-corrected chi connectivity index (χ0v) is 22.2. The van der Waals surface area contributed by atoms with Crippen LogP contribution in [0.5, 0.6) is 5.75 Å². The molecule has 0 spiro atoms. The molecule has 1 heterocycles. The average molecular weight is 567 g/mol. The number of phenolic OH excluding ortho intramolecular Hbond substituents is 1. The quantitative estimate of drug-likeness (QED) is 0.254. The van der Waals surface area contributed by atoms with Crippen LogP contribution in [0.15, 0.2) is 84.9 Å². The number of alkyl halides is 3. The molecule has 0 fully saturated rings. The minimum Gasteiger partial charge on any atom is -0.506 e. The molecule has 0 bridgehead atoms. The number of benzene rings is 4. The number of nitrogens with zero attached hydrogens (tertiary/aromatic N) is 1. The van der Waals surface area contributed by atoms with Crippen molar-refractivity contribution in [2.75, 3.05) is 21.9 Å². The Morgan fingerprint density at radius 2 is 1.60 bits per heavy atom. The van der Waals surface area contributed by atoms with Crippen LogP contribution in [0.25, 0.3) is 22.3 Å². The number of aromatic hydroxyl groups is 1. The third-order valence-corrected chi connectivity index (χ3v) is 8.16. The molecule has 0 saturated carbocycles. The number of carbonyl (C=O) groups is 1. The van der Waals surface area contributed by atoms with Crippen molar-refractivity contribution < 1.29 is 31.5 Å². The van der Waals surface area contributed by atoms with E-state index in [-0.39, 0.29) is 23.1 Å². The van der Waals surface area contributed by atoms with Crippen molar-refractivity contribution in [1.82, 2.24) is 0 Å². The Kier molecular flexibility index (Phi) is 7.05. The number of nitrogens with one attached hydrogen (secondary N) is 1. The van der Waals surface area contributed by atoms with Crippen molar-refractivity contribution in [3.8, 4) is 28.0 Å². The van der Waals surface area contributed by atoms with Gasteiger partial charge in [0.05, 0.1) is 17.0 Å². The summed E-state index contributed by atoms with van der Waals surface area (Å²) < 4.78 is 66.9. The summed E-state index contributed by atoms with van der Waals surface area (Å²) in [6.07, 6.45) is -4.02. The number of rotatable bonds is 6. The van der Waals surface area contributed by atoms with Gasteiger partial charge in [-0.15, -0.1) is 0 Å². The molecule has 4 aromatic carbocycles. The molecule has 0 aliphatic carbocycles. The first-order valence-electron chi connectivity index (χ1n) is 12.5. The highest BCUT2D eigenvalue weighted by molar-refractivity contribution is 7.92. The molecule has 1 amide bonds. The fraction of sp³-hybridized carbons (Fsp3) is 0.167. The van der Waals surface area contributed by atoms with Crippen molar-refractivity contribution in [1.29, 1.82) is 0 Å². The number of fused-ring (bicyclic) bond motifs is 1. The molecular weight excluding hydrogens is 541 g/mol. The van der Waals surface area contributed by atoms with Crippen molar-refractivity contribution >= 4 is 27.3 Å². The van der Waals surface area contributed by atoms with Gasteiger partial charge in [-0.3, -0.25) is 9.52 Å². The smallest absolute Gasteiger partial charge is 0.416 e. The first-order valence-corrected chi connectivity index (χ1v) is 14.2. The van der Waals surface area contributed by atoms with Crippen molar-refractivity contribution in [2.45, 2.75) is 19.5 Å². The summed E-state index contributed by atoms with van der Waals surface area (Å²) in [5, 5.41) is 10.1. The largest absolute Gasteiger partial charge is 0.506 e. The van der Waals surface area contributed by atoms with Crippen molar-refractivity contribution in [3.05, 3.63) is 102 Å². The fourth-order valence-corrected chi connectivity index (χ4v) is 5.39.